The van der Waals surface area contributed by atoms with Crippen LogP contribution in [0.2, 0.25) is 0 Å². The Balaban J connectivity index is 4.37. The third kappa shape index (κ3) is 9.06. The summed E-state index contributed by atoms with van der Waals surface area (Å²) in [6.45, 7) is 11.3. The fourth-order valence-corrected chi connectivity index (χ4v) is 6.62. The van der Waals surface area contributed by atoms with Crippen LogP contribution in [0.25, 0.3) is 0 Å². The summed E-state index contributed by atoms with van der Waals surface area (Å²) in [7, 11) is 0. The van der Waals surface area contributed by atoms with Crippen LogP contribution in [-0.4, -0.2) is 24.2 Å². The topological polar surface area (TPSA) is 33.6 Å². The molecule has 0 radical (unpaired) electrons. The SMILES string of the molecule is CCCOP(=S)(NC=NC(C)CC)SC(C)C. The molecule has 0 heterocycles. The first-order valence-electron chi connectivity index (χ1n) is 6.16. The van der Waals surface area contributed by atoms with E-state index in [1.54, 1.807) is 17.7 Å². The van der Waals surface area contributed by atoms with Gasteiger partial charge < -0.3 is 9.61 Å². The van der Waals surface area contributed by atoms with Gasteiger partial charge in [-0.2, -0.15) is 0 Å². The van der Waals surface area contributed by atoms with E-state index >= 15 is 0 Å². The van der Waals surface area contributed by atoms with Crippen LogP contribution in [0, 0.1) is 0 Å². The van der Waals surface area contributed by atoms with Crippen LogP contribution in [0.4, 0.5) is 0 Å². The zero-order valence-corrected chi connectivity index (χ0v) is 14.0. The zero-order chi connectivity index (χ0) is 13.3. The molecule has 0 bridgehead atoms. The van der Waals surface area contributed by atoms with E-state index in [0.29, 0.717) is 17.9 Å². The van der Waals surface area contributed by atoms with E-state index in [1.165, 1.54) is 0 Å². The van der Waals surface area contributed by atoms with Gasteiger partial charge in [0.05, 0.1) is 12.9 Å². The Morgan fingerprint density at radius 3 is 2.53 bits per heavy atom. The van der Waals surface area contributed by atoms with Crippen LogP contribution >= 0.6 is 17.0 Å². The summed E-state index contributed by atoms with van der Waals surface area (Å²) in [5.41, 5.74) is -2.01. The number of hydrogen-bond donors (Lipinski definition) is 1. The Hall–Kier alpha value is 0.430. The molecule has 0 amide bonds. The Bertz CT molecular complexity index is 272. The van der Waals surface area contributed by atoms with Crippen molar-refractivity contribution in [2.75, 3.05) is 6.61 Å². The van der Waals surface area contributed by atoms with Crippen LogP contribution in [0.1, 0.15) is 47.5 Å². The van der Waals surface area contributed by atoms with Crippen molar-refractivity contribution >= 4 is 35.1 Å². The third-order valence-corrected chi connectivity index (χ3v) is 7.74. The van der Waals surface area contributed by atoms with E-state index in [1.807, 2.05) is 0 Å². The van der Waals surface area contributed by atoms with E-state index in [0.717, 1.165) is 12.8 Å². The van der Waals surface area contributed by atoms with Crippen molar-refractivity contribution in [3.8, 4) is 0 Å². The minimum atomic E-state index is -2.01. The summed E-state index contributed by atoms with van der Waals surface area (Å²) in [5.74, 6) is 0. The van der Waals surface area contributed by atoms with Crippen LogP contribution < -0.4 is 5.09 Å². The molecule has 0 rings (SSSR count). The van der Waals surface area contributed by atoms with Crippen LogP contribution in [0.3, 0.4) is 0 Å². The van der Waals surface area contributed by atoms with E-state index in [2.05, 4.69) is 44.7 Å². The maximum absolute atomic E-state index is 5.79. The number of aliphatic imine (C=N–C) groups is 1. The van der Waals surface area contributed by atoms with Gasteiger partial charge in [-0.25, -0.2) is 0 Å². The predicted molar refractivity (Wildman–Crippen MR) is 84.6 cm³/mol. The molecule has 0 aromatic heterocycles. The fourth-order valence-electron chi connectivity index (χ4n) is 0.924. The van der Waals surface area contributed by atoms with Crippen LogP contribution in [-0.2, 0) is 16.3 Å². The highest BCUT2D eigenvalue weighted by Crippen LogP contribution is 2.57. The average molecular weight is 296 g/mol. The Labute approximate surface area is 115 Å². The van der Waals surface area contributed by atoms with Gasteiger partial charge in [0.1, 0.15) is 0 Å². The van der Waals surface area contributed by atoms with Crippen molar-refractivity contribution in [1.29, 1.82) is 0 Å². The molecule has 2 unspecified atom stereocenters. The van der Waals surface area contributed by atoms with Crippen LogP contribution in [0.15, 0.2) is 4.99 Å². The summed E-state index contributed by atoms with van der Waals surface area (Å²) in [6.07, 6.45) is 3.76. The molecule has 2 atom stereocenters. The molecule has 17 heavy (non-hydrogen) atoms. The van der Waals surface area contributed by atoms with Crippen molar-refractivity contribution in [2.45, 2.75) is 58.8 Å². The quantitative estimate of drug-likeness (QED) is 0.393. The van der Waals surface area contributed by atoms with Crippen molar-refractivity contribution in [3.05, 3.63) is 0 Å². The maximum atomic E-state index is 5.79. The third-order valence-electron chi connectivity index (χ3n) is 1.95. The minimum Gasteiger partial charge on any atom is -0.326 e. The molecule has 0 aliphatic carbocycles. The molecule has 0 spiro atoms. The summed E-state index contributed by atoms with van der Waals surface area (Å²) in [6, 6.07) is 0.334. The number of nitrogens with one attached hydrogen (secondary N) is 1. The average Bonchev–Trinajstić information content (AvgIpc) is 2.25. The zero-order valence-electron chi connectivity index (χ0n) is 11.5. The molecule has 0 fully saturated rings. The number of rotatable bonds is 9. The first-order valence-corrected chi connectivity index (χ1v) is 10.4. The maximum Gasteiger partial charge on any atom is 0.211 e. The Morgan fingerprint density at radius 2 is 2.06 bits per heavy atom. The lowest BCUT2D eigenvalue weighted by Gasteiger charge is -2.22. The second-order valence-corrected chi connectivity index (χ2v) is 11.2. The summed E-state index contributed by atoms with van der Waals surface area (Å²) >= 11 is 7.28. The molecular formula is C11H25N2OPS2. The number of nitrogens with zero attached hydrogens (tertiary/aromatic N) is 1. The standard InChI is InChI=1S/C11H25N2OPS2/c1-6-8-14-15(16,17-10(3)4)13-9-12-11(5)7-2/h9-11H,6-8H2,1-5H3,(H,12,13,16). The summed E-state index contributed by atoms with van der Waals surface area (Å²) in [5, 5.41) is 3.66. The first kappa shape index (κ1) is 17.4. The minimum absolute atomic E-state index is 0.334. The van der Waals surface area contributed by atoms with E-state index in [-0.39, 0.29) is 0 Å². The summed E-state index contributed by atoms with van der Waals surface area (Å²) in [4.78, 5) is 4.37. The van der Waals surface area contributed by atoms with Crippen molar-refractivity contribution in [2.24, 2.45) is 4.99 Å². The van der Waals surface area contributed by atoms with Crippen molar-refractivity contribution in [3.63, 3.8) is 0 Å². The van der Waals surface area contributed by atoms with Gasteiger partial charge in [-0.3, -0.25) is 4.99 Å². The van der Waals surface area contributed by atoms with Gasteiger partial charge in [-0.1, -0.05) is 39.1 Å². The molecule has 102 valence electrons. The van der Waals surface area contributed by atoms with Gasteiger partial charge in [0.15, 0.2) is 0 Å². The van der Waals surface area contributed by atoms with E-state index in [9.17, 15) is 0 Å². The van der Waals surface area contributed by atoms with E-state index in [4.69, 9.17) is 16.3 Å². The van der Waals surface area contributed by atoms with Crippen molar-refractivity contribution < 1.29 is 4.52 Å². The second kappa shape index (κ2) is 9.37. The Morgan fingerprint density at radius 1 is 1.41 bits per heavy atom. The van der Waals surface area contributed by atoms with Crippen molar-refractivity contribution in [1.82, 2.24) is 5.09 Å². The highest BCUT2D eigenvalue weighted by atomic mass is 32.9. The molecule has 0 aromatic rings. The first-order chi connectivity index (χ1) is 7.93. The van der Waals surface area contributed by atoms with Gasteiger partial charge in [0.2, 0.25) is 5.62 Å². The molecular weight excluding hydrogens is 271 g/mol. The molecule has 3 nitrogen and oxygen atoms in total. The van der Waals surface area contributed by atoms with Gasteiger partial charge in [0.25, 0.3) is 0 Å². The smallest absolute Gasteiger partial charge is 0.211 e. The largest absolute Gasteiger partial charge is 0.326 e. The molecule has 0 aliphatic rings. The van der Waals surface area contributed by atoms with Gasteiger partial charge in [-0.05, 0) is 31.6 Å². The van der Waals surface area contributed by atoms with E-state index < -0.39 is 5.62 Å². The van der Waals surface area contributed by atoms with Gasteiger partial charge in [-0.15, -0.1) is 0 Å². The lowest BCUT2D eigenvalue weighted by molar-refractivity contribution is 0.356. The monoisotopic (exact) mass is 296 g/mol. The van der Waals surface area contributed by atoms with Gasteiger partial charge >= 0.3 is 0 Å². The molecule has 1 N–H and O–H groups in total. The predicted octanol–water partition coefficient (Wildman–Crippen LogP) is 4.20. The highest BCUT2D eigenvalue weighted by molar-refractivity contribution is 8.69. The lowest BCUT2D eigenvalue weighted by Crippen LogP contribution is -2.11. The lowest BCUT2D eigenvalue weighted by atomic mass is 10.3. The molecule has 6 heteroatoms. The number of hydrogen-bond acceptors (Lipinski definition) is 4. The second-order valence-electron chi connectivity index (χ2n) is 4.15. The highest BCUT2D eigenvalue weighted by Gasteiger charge is 2.18. The van der Waals surface area contributed by atoms with Gasteiger partial charge in [0, 0.05) is 11.3 Å². The molecule has 0 saturated heterocycles. The van der Waals surface area contributed by atoms with Crippen LogP contribution in [0.5, 0.6) is 0 Å². The molecule has 0 aromatic carbocycles. The fraction of sp³-hybridized carbons (Fsp3) is 0.909. The molecule has 0 saturated carbocycles. The Kier molecular flexibility index (Phi) is 9.61. The molecule has 0 aliphatic heterocycles. The normalized spacial score (nSPS) is 17.3. The summed E-state index contributed by atoms with van der Waals surface area (Å²) < 4.78 is 5.79.